The van der Waals surface area contributed by atoms with Gasteiger partial charge in [-0.25, -0.2) is 9.07 Å². The van der Waals surface area contributed by atoms with Gasteiger partial charge in [0.15, 0.2) is 0 Å². The van der Waals surface area contributed by atoms with Gasteiger partial charge < -0.3 is 4.74 Å². The molecule has 0 N–H and O–H groups in total. The van der Waals surface area contributed by atoms with E-state index in [9.17, 15) is 4.39 Å². The van der Waals surface area contributed by atoms with E-state index in [0.717, 1.165) is 41.0 Å². The Morgan fingerprint density at radius 2 is 1.71 bits per heavy atom. The molecule has 4 heteroatoms. The fraction of sp³-hybridized carbons (Fsp3) is 0.125. The van der Waals surface area contributed by atoms with E-state index >= 15 is 0 Å². The van der Waals surface area contributed by atoms with Gasteiger partial charge in [-0.05, 0) is 65.9 Å². The van der Waals surface area contributed by atoms with Crippen LogP contribution in [-0.2, 0) is 12.8 Å². The smallest absolute Gasteiger partial charge is 0.123 e. The van der Waals surface area contributed by atoms with Crippen LogP contribution in [0.4, 0.5) is 4.39 Å². The van der Waals surface area contributed by atoms with Gasteiger partial charge in [-0.3, -0.25) is 0 Å². The topological polar surface area (TPSA) is 27.1 Å². The summed E-state index contributed by atoms with van der Waals surface area (Å²) >= 11 is 0. The third-order valence-corrected chi connectivity index (χ3v) is 4.82. The molecule has 0 saturated heterocycles. The summed E-state index contributed by atoms with van der Waals surface area (Å²) in [4.78, 5) is 0. The second-order valence-corrected chi connectivity index (χ2v) is 6.66. The molecule has 0 aliphatic heterocycles. The van der Waals surface area contributed by atoms with E-state index in [-0.39, 0.29) is 5.82 Å². The lowest BCUT2D eigenvalue weighted by Gasteiger charge is -2.09. The summed E-state index contributed by atoms with van der Waals surface area (Å²) < 4.78 is 21.0. The highest BCUT2D eigenvalue weighted by atomic mass is 19.1. The summed E-state index contributed by atoms with van der Waals surface area (Å²) in [6.07, 6.45) is 5.39. The van der Waals surface area contributed by atoms with Crippen molar-refractivity contribution in [2.24, 2.45) is 0 Å². The number of rotatable bonds is 6. The highest BCUT2D eigenvalue weighted by Gasteiger charge is 2.10. The van der Waals surface area contributed by atoms with Crippen molar-refractivity contribution in [1.82, 2.24) is 9.78 Å². The monoisotopic (exact) mass is 372 g/mol. The Kier molecular flexibility index (Phi) is 5.20. The minimum absolute atomic E-state index is 0.219. The van der Waals surface area contributed by atoms with Crippen LogP contribution in [0.1, 0.15) is 11.1 Å². The molecule has 0 fully saturated rings. The SMILES string of the molecule is COc1ccc(CCc2cc(F)ccc2-c2cnn(-c3ccccc3)c2)cc1. The Hall–Kier alpha value is -3.40. The van der Waals surface area contributed by atoms with Gasteiger partial charge in [0.25, 0.3) is 0 Å². The Labute approximate surface area is 164 Å². The van der Waals surface area contributed by atoms with Gasteiger partial charge in [-0.2, -0.15) is 5.10 Å². The molecule has 0 radical (unpaired) electrons. The molecule has 0 atom stereocenters. The molecule has 3 nitrogen and oxygen atoms in total. The normalized spacial score (nSPS) is 10.8. The number of aryl methyl sites for hydroxylation is 2. The van der Waals surface area contributed by atoms with E-state index in [4.69, 9.17) is 4.74 Å². The van der Waals surface area contributed by atoms with Crippen LogP contribution in [0.25, 0.3) is 16.8 Å². The quantitative estimate of drug-likeness (QED) is 0.449. The average molecular weight is 372 g/mol. The first-order valence-electron chi connectivity index (χ1n) is 9.25. The van der Waals surface area contributed by atoms with Crippen LogP contribution in [0.5, 0.6) is 5.75 Å². The Balaban J connectivity index is 1.59. The number of ether oxygens (including phenoxy) is 1. The predicted octanol–water partition coefficient (Wildman–Crippen LogP) is 5.47. The van der Waals surface area contributed by atoms with Gasteiger partial charge in [0.05, 0.1) is 19.0 Å². The van der Waals surface area contributed by atoms with Crippen LogP contribution in [0.15, 0.2) is 85.2 Å². The minimum atomic E-state index is -0.219. The summed E-state index contributed by atoms with van der Waals surface area (Å²) in [6.45, 7) is 0. The van der Waals surface area contributed by atoms with E-state index < -0.39 is 0 Å². The molecule has 3 aromatic carbocycles. The second-order valence-electron chi connectivity index (χ2n) is 6.66. The van der Waals surface area contributed by atoms with Crippen LogP contribution in [-0.4, -0.2) is 16.9 Å². The zero-order chi connectivity index (χ0) is 19.3. The number of hydrogen-bond donors (Lipinski definition) is 0. The molecule has 1 aromatic heterocycles. The zero-order valence-electron chi connectivity index (χ0n) is 15.7. The minimum Gasteiger partial charge on any atom is -0.497 e. The molecule has 4 aromatic rings. The number of hydrogen-bond acceptors (Lipinski definition) is 2. The van der Waals surface area contributed by atoms with Crippen molar-refractivity contribution in [3.63, 3.8) is 0 Å². The zero-order valence-corrected chi connectivity index (χ0v) is 15.7. The van der Waals surface area contributed by atoms with Crippen LogP contribution in [0, 0.1) is 5.82 Å². The fourth-order valence-electron chi connectivity index (χ4n) is 3.31. The molecule has 0 bridgehead atoms. The Bertz CT molecular complexity index is 1060. The van der Waals surface area contributed by atoms with Gasteiger partial charge in [0.2, 0.25) is 0 Å². The van der Waals surface area contributed by atoms with Crippen molar-refractivity contribution in [2.45, 2.75) is 12.8 Å². The number of benzene rings is 3. The van der Waals surface area contributed by atoms with Gasteiger partial charge in [0.1, 0.15) is 11.6 Å². The second kappa shape index (κ2) is 8.09. The molecule has 0 aliphatic rings. The Morgan fingerprint density at radius 1 is 0.929 bits per heavy atom. The van der Waals surface area contributed by atoms with E-state index in [2.05, 4.69) is 5.10 Å². The van der Waals surface area contributed by atoms with Crippen molar-refractivity contribution in [2.75, 3.05) is 7.11 Å². The molecule has 0 aliphatic carbocycles. The molecule has 0 amide bonds. The van der Waals surface area contributed by atoms with Crippen molar-refractivity contribution in [1.29, 1.82) is 0 Å². The standard InChI is InChI=1S/C24H21FN2O/c1-28-23-12-8-18(9-13-23)7-10-19-15-21(25)11-14-24(19)20-16-26-27(17-20)22-5-3-2-4-6-22/h2-6,8-9,11-17H,7,10H2,1H3. The maximum absolute atomic E-state index is 13.9. The van der Waals surface area contributed by atoms with Crippen LogP contribution < -0.4 is 4.74 Å². The number of nitrogens with zero attached hydrogens (tertiary/aromatic N) is 2. The summed E-state index contributed by atoms with van der Waals surface area (Å²) in [5.74, 6) is 0.618. The number of methoxy groups -OCH3 is 1. The van der Waals surface area contributed by atoms with Crippen molar-refractivity contribution in [3.05, 3.63) is 102 Å². The molecule has 4 rings (SSSR count). The maximum Gasteiger partial charge on any atom is 0.123 e. The fourth-order valence-corrected chi connectivity index (χ4v) is 3.31. The van der Waals surface area contributed by atoms with Crippen molar-refractivity contribution in [3.8, 4) is 22.6 Å². The third-order valence-electron chi connectivity index (χ3n) is 4.82. The van der Waals surface area contributed by atoms with E-state index in [1.807, 2.05) is 77.7 Å². The largest absolute Gasteiger partial charge is 0.497 e. The molecule has 0 saturated carbocycles. The summed E-state index contributed by atoms with van der Waals surface area (Å²) in [7, 11) is 1.66. The highest BCUT2D eigenvalue weighted by Crippen LogP contribution is 2.26. The number of halogens is 1. The van der Waals surface area contributed by atoms with E-state index in [1.165, 1.54) is 11.6 Å². The average Bonchev–Trinajstić information content (AvgIpc) is 3.23. The molecular formula is C24H21FN2O. The Morgan fingerprint density at radius 3 is 2.46 bits per heavy atom. The maximum atomic E-state index is 13.9. The van der Waals surface area contributed by atoms with Crippen LogP contribution in [0.3, 0.4) is 0 Å². The van der Waals surface area contributed by atoms with Gasteiger partial charge in [0, 0.05) is 11.8 Å². The molecule has 1 heterocycles. The molecule has 140 valence electrons. The highest BCUT2D eigenvalue weighted by molar-refractivity contribution is 5.66. The van der Waals surface area contributed by atoms with Crippen molar-refractivity contribution >= 4 is 0 Å². The molecule has 0 spiro atoms. The van der Waals surface area contributed by atoms with Gasteiger partial charge in [-0.1, -0.05) is 36.4 Å². The third kappa shape index (κ3) is 3.96. The van der Waals surface area contributed by atoms with Crippen LogP contribution >= 0.6 is 0 Å². The lowest BCUT2D eigenvalue weighted by atomic mass is 9.96. The van der Waals surface area contributed by atoms with Gasteiger partial charge in [-0.15, -0.1) is 0 Å². The first kappa shape index (κ1) is 18.0. The van der Waals surface area contributed by atoms with Gasteiger partial charge >= 0.3 is 0 Å². The first-order chi connectivity index (χ1) is 13.7. The number of aromatic nitrogens is 2. The van der Waals surface area contributed by atoms with Crippen LogP contribution in [0.2, 0.25) is 0 Å². The first-order valence-corrected chi connectivity index (χ1v) is 9.25. The summed E-state index contributed by atoms with van der Waals surface area (Å²) in [6, 6.07) is 22.9. The van der Waals surface area contributed by atoms with E-state index in [1.54, 1.807) is 13.2 Å². The van der Waals surface area contributed by atoms with Crippen molar-refractivity contribution < 1.29 is 9.13 Å². The predicted molar refractivity (Wildman–Crippen MR) is 109 cm³/mol. The summed E-state index contributed by atoms with van der Waals surface area (Å²) in [5, 5.41) is 4.47. The lowest BCUT2D eigenvalue weighted by Crippen LogP contribution is -1.96. The molecule has 0 unspecified atom stereocenters. The summed E-state index contributed by atoms with van der Waals surface area (Å²) in [5.41, 5.74) is 5.15. The number of para-hydroxylation sites is 1. The van der Waals surface area contributed by atoms with E-state index in [0.29, 0.717) is 0 Å². The molecule has 28 heavy (non-hydrogen) atoms. The molecular weight excluding hydrogens is 351 g/mol. The lowest BCUT2D eigenvalue weighted by molar-refractivity contribution is 0.414.